The molecule has 0 aliphatic rings. The van der Waals surface area contributed by atoms with Crippen molar-refractivity contribution in [2.24, 2.45) is 0 Å². The Morgan fingerprint density at radius 2 is 2.05 bits per heavy atom. The Balaban J connectivity index is 2.16. The summed E-state index contributed by atoms with van der Waals surface area (Å²) in [5.41, 5.74) is 1.05. The number of ether oxygens (including phenoxy) is 2. The van der Waals surface area contributed by atoms with Crippen LogP contribution in [0.3, 0.4) is 0 Å². The highest BCUT2D eigenvalue weighted by Crippen LogP contribution is 2.33. The van der Waals surface area contributed by atoms with E-state index in [9.17, 15) is 0 Å². The Kier molecular flexibility index (Phi) is 5.30. The fourth-order valence-corrected chi connectivity index (χ4v) is 2.96. The second-order valence-corrected chi connectivity index (χ2v) is 5.40. The Labute approximate surface area is 124 Å². The molecule has 1 heterocycles. The van der Waals surface area contributed by atoms with Gasteiger partial charge in [0.2, 0.25) is 0 Å². The van der Waals surface area contributed by atoms with Gasteiger partial charge in [0.15, 0.2) is 11.5 Å². The van der Waals surface area contributed by atoms with Gasteiger partial charge < -0.3 is 14.8 Å². The van der Waals surface area contributed by atoms with Crippen LogP contribution in [0.5, 0.6) is 11.5 Å². The fourth-order valence-electron chi connectivity index (χ4n) is 2.10. The van der Waals surface area contributed by atoms with Crippen LogP contribution in [0.15, 0.2) is 35.7 Å². The van der Waals surface area contributed by atoms with Crippen molar-refractivity contribution >= 4 is 17.0 Å². The van der Waals surface area contributed by atoms with Crippen molar-refractivity contribution in [3.8, 4) is 11.5 Å². The minimum atomic E-state index is 0.331. The first-order chi connectivity index (χ1) is 9.78. The summed E-state index contributed by atoms with van der Waals surface area (Å²) in [6.07, 6.45) is 1.04. The van der Waals surface area contributed by atoms with Crippen molar-refractivity contribution in [3.63, 3.8) is 0 Å². The Morgan fingerprint density at radius 1 is 1.20 bits per heavy atom. The van der Waals surface area contributed by atoms with E-state index in [0.717, 1.165) is 23.6 Å². The van der Waals surface area contributed by atoms with Crippen LogP contribution in [0.4, 0.5) is 5.69 Å². The predicted octanol–water partition coefficient (Wildman–Crippen LogP) is 4.72. The molecule has 2 rings (SSSR count). The van der Waals surface area contributed by atoms with Gasteiger partial charge in [-0.05, 0) is 36.9 Å². The summed E-state index contributed by atoms with van der Waals surface area (Å²) in [5.74, 6) is 1.54. The zero-order valence-electron chi connectivity index (χ0n) is 12.2. The zero-order chi connectivity index (χ0) is 14.4. The number of anilines is 1. The molecule has 0 aliphatic carbocycles. The topological polar surface area (TPSA) is 30.5 Å². The molecule has 1 unspecified atom stereocenters. The number of rotatable bonds is 7. The number of nitrogens with one attached hydrogen (secondary N) is 1. The van der Waals surface area contributed by atoms with Crippen LogP contribution in [-0.2, 0) is 0 Å². The summed E-state index contributed by atoms with van der Waals surface area (Å²) in [6.45, 7) is 4.79. The molecule has 0 fully saturated rings. The molecule has 2 aromatic rings. The highest BCUT2D eigenvalue weighted by Gasteiger charge is 2.12. The fraction of sp³-hybridized carbons (Fsp3) is 0.375. The maximum atomic E-state index is 5.54. The molecule has 20 heavy (non-hydrogen) atoms. The first-order valence-electron chi connectivity index (χ1n) is 6.89. The summed E-state index contributed by atoms with van der Waals surface area (Å²) in [4.78, 5) is 1.35. The van der Waals surface area contributed by atoms with E-state index in [1.807, 2.05) is 25.1 Å². The van der Waals surface area contributed by atoms with Gasteiger partial charge >= 0.3 is 0 Å². The molecule has 0 amide bonds. The van der Waals surface area contributed by atoms with Crippen LogP contribution in [-0.4, -0.2) is 13.7 Å². The summed E-state index contributed by atoms with van der Waals surface area (Å²) >= 11 is 1.78. The second-order valence-electron chi connectivity index (χ2n) is 4.42. The third-order valence-electron chi connectivity index (χ3n) is 3.10. The largest absolute Gasteiger partial charge is 0.493 e. The van der Waals surface area contributed by atoms with Gasteiger partial charge in [-0.3, -0.25) is 0 Å². The van der Waals surface area contributed by atoms with Crippen molar-refractivity contribution in [1.29, 1.82) is 0 Å². The lowest BCUT2D eigenvalue weighted by atomic mass is 10.1. The first kappa shape index (κ1) is 14.7. The van der Waals surface area contributed by atoms with Gasteiger partial charge in [-0.15, -0.1) is 11.3 Å². The van der Waals surface area contributed by atoms with Crippen molar-refractivity contribution in [2.75, 3.05) is 19.0 Å². The minimum absolute atomic E-state index is 0.331. The highest BCUT2D eigenvalue weighted by atomic mass is 32.1. The number of hydrogen-bond donors (Lipinski definition) is 1. The van der Waals surface area contributed by atoms with E-state index in [0.29, 0.717) is 12.6 Å². The van der Waals surface area contributed by atoms with Crippen LogP contribution in [0.25, 0.3) is 0 Å². The molecule has 4 heteroatoms. The lowest BCUT2D eigenvalue weighted by Crippen LogP contribution is -2.08. The van der Waals surface area contributed by atoms with Gasteiger partial charge in [0.1, 0.15) is 0 Å². The van der Waals surface area contributed by atoms with Gasteiger partial charge in [-0.2, -0.15) is 0 Å². The van der Waals surface area contributed by atoms with Crippen LogP contribution < -0.4 is 14.8 Å². The van der Waals surface area contributed by atoms with E-state index in [1.165, 1.54) is 4.88 Å². The summed E-state index contributed by atoms with van der Waals surface area (Å²) in [7, 11) is 1.66. The third-order valence-corrected chi connectivity index (χ3v) is 4.09. The van der Waals surface area contributed by atoms with E-state index in [2.05, 4.69) is 29.8 Å². The number of hydrogen-bond acceptors (Lipinski definition) is 4. The molecule has 0 bridgehead atoms. The average Bonchev–Trinajstić information content (AvgIpc) is 3.00. The standard InChI is InChI=1S/C16H21NO2S/c1-4-13(16-7-6-10-20-16)17-12-8-9-14(19-5-2)15(11-12)18-3/h6-11,13,17H,4-5H2,1-3H3. The lowest BCUT2D eigenvalue weighted by Gasteiger charge is -2.18. The molecular weight excluding hydrogens is 270 g/mol. The van der Waals surface area contributed by atoms with Crippen molar-refractivity contribution in [2.45, 2.75) is 26.3 Å². The molecule has 0 saturated heterocycles. The van der Waals surface area contributed by atoms with Crippen molar-refractivity contribution in [1.82, 2.24) is 0 Å². The summed E-state index contributed by atoms with van der Waals surface area (Å²) in [6, 6.07) is 10.6. The lowest BCUT2D eigenvalue weighted by molar-refractivity contribution is 0.311. The van der Waals surface area contributed by atoms with E-state index < -0.39 is 0 Å². The second kappa shape index (κ2) is 7.20. The molecule has 1 atom stereocenters. The summed E-state index contributed by atoms with van der Waals surface area (Å²) in [5, 5.41) is 5.66. The van der Waals surface area contributed by atoms with E-state index in [-0.39, 0.29) is 0 Å². The third kappa shape index (κ3) is 3.45. The molecule has 1 N–H and O–H groups in total. The van der Waals surface area contributed by atoms with Crippen LogP contribution in [0, 0.1) is 0 Å². The molecule has 108 valence electrons. The van der Waals surface area contributed by atoms with Gasteiger partial charge in [-0.25, -0.2) is 0 Å². The van der Waals surface area contributed by atoms with Crippen molar-refractivity contribution < 1.29 is 9.47 Å². The molecule has 1 aromatic carbocycles. The molecule has 1 aromatic heterocycles. The Hall–Kier alpha value is -1.68. The van der Waals surface area contributed by atoms with Gasteiger partial charge in [0.05, 0.1) is 19.8 Å². The number of thiophene rings is 1. The number of benzene rings is 1. The number of methoxy groups -OCH3 is 1. The van der Waals surface area contributed by atoms with Gasteiger partial charge in [0.25, 0.3) is 0 Å². The highest BCUT2D eigenvalue weighted by molar-refractivity contribution is 7.10. The van der Waals surface area contributed by atoms with Crippen molar-refractivity contribution in [3.05, 3.63) is 40.6 Å². The Bertz CT molecular complexity index is 525. The van der Waals surface area contributed by atoms with Crippen LogP contribution in [0.2, 0.25) is 0 Å². The smallest absolute Gasteiger partial charge is 0.162 e. The zero-order valence-corrected chi connectivity index (χ0v) is 13.0. The Morgan fingerprint density at radius 3 is 2.65 bits per heavy atom. The molecule has 0 spiro atoms. The monoisotopic (exact) mass is 291 g/mol. The summed E-state index contributed by atoms with van der Waals surface area (Å²) < 4.78 is 10.9. The molecule has 0 saturated carbocycles. The quantitative estimate of drug-likeness (QED) is 0.800. The molecule has 0 aliphatic heterocycles. The molecule has 0 radical (unpaired) electrons. The molecule has 3 nitrogen and oxygen atoms in total. The van der Waals surface area contributed by atoms with E-state index in [4.69, 9.17) is 9.47 Å². The van der Waals surface area contributed by atoms with E-state index in [1.54, 1.807) is 18.4 Å². The SMILES string of the molecule is CCOc1ccc(NC(CC)c2cccs2)cc1OC. The van der Waals surface area contributed by atoms with E-state index >= 15 is 0 Å². The maximum absolute atomic E-state index is 5.54. The normalized spacial score (nSPS) is 11.9. The molecular formula is C16H21NO2S. The first-order valence-corrected chi connectivity index (χ1v) is 7.77. The van der Waals surface area contributed by atoms with Crippen LogP contribution in [0.1, 0.15) is 31.2 Å². The minimum Gasteiger partial charge on any atom is -0.493 e. The predicted molar refractivity (Wildman–Crippen MR) is 85.1 cm³/mol. The van der Waals surface area contributed by atoms with Gasteiger partial charge in [0, 0.05) is 16.6 Å². The maximum Gasteiger partial charge on any atom is 0.162 e. The van der Waals surface area contributed by atoms with Gasteiger partial charge in [-0.1, -0.05) is 13.0 Å². The average molecular weight is 291 g/mol. The van der Waals surface area contributed by atoms with Crippen LogP contribution >= 0.6 is 11.3 Å².